The number of hydrogen-bond acceptors (Lipinski definition) is 3. The molecule has 0 radical (unpaired) electrons. The lowest BCUT2D eigenvalue weighted by Gasteiger charge is -2.13. The Bertz CT molecular complexity index is 836. The lowest BCUT2D eigenvalue weighted by molar-refractivity contribution is -0.118. The van der Waals surface area contributed by atoms with Crippen molar-refractivity contribution < 1.29 is 9.53 Å². The molecular formula is C20H17ClN2O2. The monoisotopic (exact) mass is 352 g/mol. The molecule has 0 unspecified atom stereocenters. The van der Waals surface area contributed by atoms with Gasteiger partial charge in [0, 0.05) is 10.7 Å². The van der Waals surface area contributed by atoms with Crippen molar-refractivity contribution in [2.24, 2.45) is 0 Å². The first kappa shape index (κ1) is 16.9. The molecule has 0 atom stereocenters. The molecule has 0 aliphatic heterocycles. The molecule has 0 heterocycles. The van der Waals surface area contributed by atoms with Gasteiger partial charge in [-0.25, -0.2) is 0 Å². The van der Waals surface area contributed by atoms with E-state index in [1.807, 2.05) is 54.6 Å². The molecular weight excluding hydrogens is 336 g/mol. The largest absolute Gasteiger partial charge is 0.484 e. The molecule has 0 aliphatic rings. The summed E-state index contributed by atoms with van der Waals surface area (Å²) in [5.41, 5.74) is 2.45. The van der Waals surface area contributed by atoms with Gasteiger partial charge in [-0.1, -0.05) is 41.9 Å². The van der Waals surface area contributed by atoms with Crippen molar-refractivity contribution >= 4 is 34.6 Å². The van der Waals surface area contributed by atoms with Crippen molar-refractivity contribution in [2.45, 2.75) is 0 Å². The predicted octanol–water partition coefficient (Wildman–Crippen LogP) is 5.10. The maximum atomic E-state index is 12.2. The molecule has 0 bridgehead atoms. The molecule has 126 valence electrons. The van der Waals surface area contributed by atoms with E-state index in [4.69, 9.17) is 16.3 Å². The average molecular weight is 353 g/mol. The number of para-hydroxylation sites is 3. The predicted molar refractivity (Wildman–Crippen MR) is 102 cm³/mol. The summed E-state index contributed by atoms with van der Waals surface area (Å²) in [6.07, 6.45) is 0. The van der Waals surface area contributed by atoms with Gasteiger partial charge in [0.25, 0.3) is 5.91 Å². The number of amides is 1. The smallest absolute Gasteiger partial charge is 0.262 e. The summed E-state index contributed by atoms with van der Waals surface area (Å²) in [6, 6.07) is 24.2. The lowest BCUT2D eigenvalue weighted by Crippen LogP contribution is -2.20. The Labute approximate surface area is 151 Å². The molecule has 0 saturated carbocycles. The number of ether oxygens (including phenoxy) is 1. The lowest BCUT2D eigenvalue weighted by atomic mass is 10.2. The second-order valence-electron chi connectivity index (χ2n) is 5.33. The Morgan fingerprint density at radius 1 is 0.840 bits per heavy atom. The molecule has 25 heavy (non-hydrogen) atoms. The molecule has 0 saturated heterocycles. The van der Waals surface area contributed by atoms with E-state index < -0.39 is 0 Å². The first-order chi connectivity index (χ1) is 12.2. The first-order valence-corrected chi connectivity index (χ1v) is 8.18. The van der Waals surface area contributed by atoms with Crippen molar-refractivity contribution in [2.75, 3.05) is 17.2 Å². The van der Waals surface area contributed by atoms with Gasteiger partial charge in [-0.2, -0.15) is 0 Å². The van der Waals surface area contributed by atoms with E-state index in [0.29, 0.717) is 16.5 Å². The number of halogens is 1. The van der Waals surface area contributed by atoms with Gasteiger partial charge in [-0.3, -0.25) is 4.79 Å². The first-order valence-electron chi connectivity index (χ1n) is 7.80. The topological polar surface area (TPSA) is 50.4 Å². The maximum Gasteiger partial charge on any atom is 0.262 e. The Kier molecular flexibility index (Phi) is 5.54. The van der Waals surface area contributed by atoms with Crippen LogP contribution in [0.15, 0.2) is 78.9 Å². The Morgan fingerprint density at radius 3 is 2.20 bits per heavy atom. The number of anilines is 3. The quantitative estimate of drug-likeness (QED) is 0.648. The third-order valence-corrected chi connectivity index (χ3v) is 3.69. The molecule has 0 aliphatic carbocycles. The van der Waals surface area contributed by atoms with E-state index in [-0.39, 0.29) is 12.5 Å². The highest BCUT2D eigenvalue weighted by molar-refractivity contribution is 6.30. The van der Waals surface area contributed by atoms with Crippen molar-refractivity contribution in [3.05, 3.63) is 83.9 Å². The molecule has 4 nitrogen and oxygen atoms in total. The molecule has 5 heteroatoms. The van der Waals surface area contributed by atoms with E-state index in [1.165, 1.54) is 0 Å². The second kappa shape index (κ2) is 8.22. The van der Waals surface area contributed by atoms with Crippen LogP contribution in [0.25, 0.3) is 0 Å². The number of carbonyl (C=O) groups is 1. The Morgan fingerprint density at radius 2 is 1.48 bits per heavy atom. The van der Waals surface area contributed by atoms with Crippen LogP contribution in [-0.2, 0) is 4.79 Å². The van der Waals surface area contributed by atoms with Crippen LogP contribution in [-0.4, -0.2) is 12.5 Å². The Balaban J connectivity index is 1.62. The average Bonchev–Trinajstić information content (AvgIpc) is 2.64. The van der Waals surface area contributed by atoms with E-state index in [1.54, 1.807) is 24.3 Å². The van der Waals surface area contributed by atoms with Gasteiger partial charge in [0.2, 0.25) is 0 Å². The molecule has 0 fully saturated rings. The molecule has 3 aromatic carbocycles. The molecule has 3 rings (SSSR count). The zero-order valence-electron chi connectivity index (χ0n) is 13.4. The number of hydrogen-bond donors (Lipinski definition) is 2. The van der Waals surface area contributed by atoms with Crippen molar-refractivity contribution in [1.29, 1.82) is 0 Å². The number of rotatable bonds is 6. The highest BCUT2D eigenvalue weighted by Gasteiger charge is 2.08. The minimum Gasteiger partial charge on any atom is -0.484 e. The van der Waals surface area contributed by atoms with Crippen molar-refractivity contribution in [3.63, 3.8) is 0 Å². The summed E-state index contributed by atoms with van der Waals surface area (Å²) in [5, 5.41) is 6.77. The van der Waals surface area contributed by atoms with Gasteiger partial charge in [0.15, 0.2) is 6.61 Å². The van der Waals surface area contributed by atoms with Crippen LogP contribution in [0.2, 0.25) is 5.02 Å². The third-order valence-electron chi connectivity index (χ3n) is 3.44. The SMILES string of the molecule is O=C(COc1ccc(Cl)cc1)Nc1ccccc1Nc1ccccc1. The number of nitrogens with one attached hydrogen (secondary N) is 2. The normalized spacial score (nSPS) is 10.1. The maximum absolute atomic E-state index is 12.2. The summed E-state index contributed by atoms with van der Waals surface area (Å²) in [7, 11) is 0. The van der Waals surface area contributed by atoms with Gasteiger partial charge < -0.3 is 15.4 Å². The Hall–Kier alpha value is -2.98. The van der Waals surface area contributed by atoms with Gasteiger partial charge in [-0.05, 0) is 48.5 Å². The highest BCUT2D eigenvalue weighted by atomic mass is 35.5. The molecule has 3 aromatic rings. The summed E-state index contributed by atoms with van der Waals surface area (Å²) >= 11 is 5.82. The molecule has 0 aromatic heterocycles. The van der Waals surface area contributed by atoms with Crippen LogP contribution in [0.1, 0.15) is 0 Å². The summed E-state index contributed by atoms with van der Waals surface area (Å²) < 4.78 is 5.46. The number of carbonyl (C=O) groups excluding carboxylic acids is 1. The van der Waals surface area contributed by atoms with Gasteiger partial charge in [0.05, 0.1) is 11.4 Å². The van der Waals surface area contributed by atoms with Crippen molar-refractivity contribution in [3.8, 4) is 5.75 Å². The summed E-state index contributed by atoms with van der Waals surface area (Å²) in [6.45, 7) is -0.0820. The van der Waals surface area contributed by atoms with Crippen molar-refractivity contribution in [1.82, 2.24) is 0 Å². The van der Waals surface area contributed by atoms with E-state index in [2.05, 4.69) is 10.6 Å². The van der Waals surface area contributed by atoms with Gasteiger partial charge >= 0.3 is 0 Å². The highest BCUT2D eigenvalue weighted by Crippen LogP contribution is 2.25. The fraction of sp³-hybridized carbons (Fsp3) is 0.0500. The van der Waals surface area contributed by atoms with Gasteiger partial charge in [0.1, 0.15) is 5.75 Å². The van der Waals surface area contributed by atoms with Crippen LogP contribution in [0.4, 0.5) is 17.1 Å². The zero-order chi connectivity index (χ0) is 17.5. The van der Waals surface area contributed by atoms with E-state index in [0.717, 1.165) is 11.4 Å². The van der Waals surface area contributed by atoms with Crippen LogP contribution >= 0.6 is 11.6 Å². The van der Waals surface area contributed by atoms with Crippen LogP contribution < -0.4 is 15.4 Å². The minimum absolute atomic E-state index is 0.0820. The van der Waals surface area contributed by atoms with Crippen LogP contribution in [0.3, 0.4) is 0 Å². The van der Waals surface area contributed by atoms with E-state index in [9.17, 15) is 4.79 Å². The van der Waals surface area contributed by atoms with Crippen LogP contribution in [0, 0.1) is 0 Å². The van der Waals surface area contributed by atoms with Crippen LogP contribution in [0.5, 0.6) is 5.75 Å². The second-order valence-corrected chi connectivity index (χ2v) is 5.76. The minimum atomic E-state index is -0.239. The third kappa shape index (κ3) is 4.99. The summed E-state index contributed by atoms with van der Waals surface area (Å²) in [5.74, 6) is 0.354. The summed E-state index contributed by atoms with van der Waals surface area (Å²) in [4.78, 5) is 12.2. The molecule has 2 N–H and O–H groups in total. The fourth-order valence-corrected chi connectivity index (χ4v) is 2.37. The molecule has 1 amide bonds. The number of benzene rings is 3. The zero-order valence-corrected chi connectivity index (χ0v) is 14.2. The van der Waals surface area contributed by atoms with E-state index >= 15 is 0 Å². The standard InChI is InChI=1S/C20H17ClN2O2/c21-15-10-12-17(13-11-15)25-14-20(24)23-19-9-5-4-8-18(19)22-16-6-2-1-3-7-16/h1-13,22H,14H2,(H,23,24). The molecule has 0 spiro atoms. The van der Waals surface area contributed by atoms with Gasteiger partial charge in [-0.15, -0.1) is 0 Å². The fourth-order valence-electron chi connectivity index (χ4n) is 2.24.